The summed E-state index contributed by atoms with van der Waals surface area (Å²) < 4.78 is 0. The van der Waals surface area contributed by atoms with Crippen LogP contribution in [0.15, 0.2) is 0 Å². The third-order valence-electron chi connectivity index (χ3n) is 2.25. The molecule has 64 valence electrons. The Bertz CT molecular complexity index is 273. The predicted molar refractivity (Wildman–Crippen MR) is 45.6 cm³/mol. The minimum absolute atomic E-state index is 0.351. The van der Waals surface area contributed by atoms with Crippen LogP contribution in [0.5, 0.6) is 0 Å². The first kappa shape index (κ1) is 7.46. The number of nitrogen functional groups attached to an aromatic ring is 1. The van der Waals surface area contributed by atoms with Crippen molar-refractivity contribution < 1.29 is 0 Å². The van der Waals surface area contributed by atoms with E-state index in [4.69, 9.17) is 5.73 Å². The zero-order valence-electron chi connectivity index (χ0n) is 7.12. The van der Waals surface area contributed by atoms with Gasteiger partial charge in [0.1, 0.15) is 11.6 Å². The van der Waals surface area contributed by atoms with Crippen LogP contribution in [0, 0.1) is 6.92 Å². The van der Waals surface area contributed by atoms with Gasteiger partial charge >= 0.3 is 0 Å². The van der Waals surface area contributed by atoms with E-state index < -0.39 is 0 Å². The molecule has 1 aromatic heterocycles. The SMILES string of the molecule is Cc1nc(N)nc(C2CCC2)n1. The lowest BCUT2D eigenvalue weighted by Crippen LogP contribution is -2.15. The zero-order valence-corrected chi connectivity index (χ0v) is 7.12. The van der Waals surface area contributed by atoms with Gasteiger partial charge in [-0.1, -0.05) is 6.42 Å². The highest BCUT2D eigenvalue weighted by molar-refractivity contribution is 5.17. The van der Waals surface area contributed by atoms with E-state index in [-0.39, 0.29) is 0 Å². The number of aromatic nitrogens is 3. The van der Waals surface area contributed by atoms with Gasteiger partial charge in [-0.3, -0.25) is 0 Å². The van der Waals surface area contributed by atoms with Gasteiger partial charge in [0.2, 0.25) is 5.95 Å². The summed E-state index contributed by atoms with van der Waals surface area (Å²) in [6.07, 6.45) is 3.68. The monoisotopic (exact) mass is 164 g/mol. The van der Waals surface area contributed by atoms with Gasteiger partial charge in [-0.2, -0.15) is 9.97 Å². The molecule has 0 unspecified atom stereocenters. The molecule has 0 saturated heterocycles. The van der Waals surface area contributed by atoms with Gasteiger partial charge < -0.3 is 5.73 Å². The number of rotatable bonds is 1. The molecule has 1 heterocycles. The molecule has 12 heavy (non-hydrogen) atoms. The average molecular weight is 164 g/mol. The Morgan fingerprint density at radius 2 is 2.00 bits per heavy atom. The zero-order chi connectivity index (χ0) is 8.55. The molecule has 0 bridgehead atoms. The molecule has 1 saturated carbocycles. The summed E-state index contributed by atoms with van der Waals surface area (Å²) in [6, 6.07) is 0. The van der Waals surface area contributed by atoms with Crippen molar-refractivity contribution >= 4 is 5.95 Å². The maximum Gasteiger partial charge on any atom is 0.223 e. The second-order valence-electron chi connectivity index (χ2n) is 3.23. The number of hydrogen-bond donors (Lipinski definition) is 1. The molecule has 0 amide bonds. The second kappa shape index (κ2) is 2.69. The average Bonchev–Trinajstić information content (AvgIpc) is 1.79. The first-order chi connectivity index (χ1) is 5.75. The Hall–Kier alpha value is -1.19. The fourth-order valence-electron chi connectivity index (χ4n) is 1.37. The molecule has 1 fully saturated rings. The molecular formula is C8H12N4. The Morgan fingerprint density at radius 1 is 1.25 bits per heavy atom. The van der Waals surface area contributed by atoms with E-state index in [1.807, 2.05) is 6.92 Å². The van der Waals surface area contributed by atoms with Crippen molar-refractivity contribution in [3.8, 4) is 0 Å². The summed E-state index contributed by atoms with van der Waals surface area (Å²) in [6.45, 7) is 1.85. The Morgan fingerprint density at radius 3 is 2.50 bits per heavy atom. The minimum atomic E-state index is 0.351. The summed E-state index contributed by atoms with van der Waals surface area (Å²) in [4.78, 5) is 12.3. The maximum absolute atomic E-state index is 5.51. The number of nitrogens with zero attached hydrogens (tertiary/aromatic N) is 3. The Labute approximate surface area is 71.2 Å². The fourth-order valence-corrected chi connectivity index (χ4v) is 1.37. The van der Waals surface area contributed by atoms with Crippen LogP contribution in [0.3, 0.4) is 0 Å². The Kier molecular flexibility index (Phi) is 1.67. The normalized spacial score (nSPS) is 17.4. The third-order valence-corrected chi connectivity index (χ3v) is 2.25. The lowest BCUT2D eigenvalue weighted by Gasteiger charge is -2.23. The van der Waals surface area contributed by atoms with Gasteiger partial charge in [-0.15, -0.1) is 0 Å². The smallest absolute Gasteiger partial charge is 0.223 e. The van der Waals surface area contributed by atoms with Crippen LogP contribution in [0.1, 0.15) is 36.8 Å². The lowest BCUT2D eigenvalue weighted by molar-refractivity contribution is 0.400. The van der Waals surface area contributed by atoms with Crippen molar-refractivity contribution in [3.63, 3.8) is 0 Å². The van der Waals surface area contributed by atoms with Crippen LogP contribution in [-0.4, -0.2) is 15.0 Å². The molecule has 4 nitrogen and oxygen atoms in total. The van der Waals surface area contributed by atoms with Gasteiger partial charge in [-0.05, 0) is 19.8 Å². The maximum atomic E-state index is 5.51. The fraction of sp³-hybridized carbons (Fsp3) is 0.625. The molecule has 0 spiro atoms. The second-order valence-corrected chi connectivity index (χ2v) is 3.23. The van der Waals surface area contributed by atoms with Crippen molar-refractivity contribution in [3.05, 3.63) is 11.6 Å². The quantitative estimate of drug-likeness (QED) is 0.673. The number of aryl methyl sites for hydroxylation is 1. The number of hydrogen-bond acceptors (Lipinski definition) is 4. The highest BCUT2D eigenvalue weighted by Gasteiger charge is 2.22. The van der Waals surface area contributed by atoms with Gasteiger partial charge in [0.05, 0.1) is 0 Å². The molecule has 2 rings (SSSR count). The highest BCUT2D eigenvalue weighted by atomic mass is 15.1. The summed E-state index contributed by atoms with van der Waals surface area (Å²) in [5.41, 5.74) is 5.51. The van der Waals surface area contributed by atoms with Crippen LogP contribution >= 0.6 is 0 Å². The minimum Gasteiger partial charge on any atom is -0.368 e. The summed E-state index contributed by atoms with van der Waals surface area (Å²) in [5, 5.41) is 0. The summed E-state index contributed by atoms with van der Waals surface area (Å²) in [5.74, 6) is 2.49. The lowest BCUT2D eigenvalue weighted by atomic mass is 9.85. The first-order valence-corrected chi connectivity index (χ1v) is 4.24. The van der Waals surface area contributed by atoms with Crippen LogP contribution in [-0.2, 0) is 0 Å². The molecule has 2 N–H and O–H groups in total. The predicted octanol–water partition coefficient (Wildman–Crippen LogP) is 1.03. The largest absolute Gasteiger partial charge is 0.368 e. The first-order valence-electron chi connectivity index (χ1n) is 4.24. The number of nitrogens with two attached hydrogens (primary N) is 1. The molecule has 4 heteroatoms. The van der Waals surface area contributed by atoms with E-state index >= 15 is 0 Å². The van der Waals surface area contributed by atoms with Crippen molar-refractivity contribution in [2.75, 3.05) is 5.73 Å². The molecule has 0 aliphatic heterocycles. The molecule has 0 atom stereocenters. The Balaban J connectivity index is 2.30. The van der Waals surface area contributed by atoms with Crippen LogP contribution in [0.4, 0.5) is 5.95 Å². The topological polar surface area (TPSA) is 64.7 Å². The molecule has 1 aliphatic rings. The molecular weight excluding hydrogens is 152 g/mol. The van der Waals surface area contributed by atoms with Crippen molar-refractivity contribution in [2.45, 2.75) is 32.1 Å². The third kappa shape index (κ3) is 1.24. The van der Waals surface area contributed by atoms with E-state index in [9.17, 15) is 0 Å². The highest BCUT2D eigenvalue weighted by Crippen LogP contribution is 2.34. The molecule has 0 radical (unpaired) electrons. The van der Waals surface area contributed by atoms with Crippen molar-refractivity contribution in [1.29, 1.82) is 0 Å². The van der Waals surface area contributed by atoms with E-state index in [0.29, 0.717) is 11.9 Å². The summed E-state index contributed by atoms with van der Waals surface area (Å²) in [7, 11) is 0. The van der Waals surface area contributed by atoms with E-state index in [1.165, 1.54) is 19.3 Å². The van der Waals surface area contributed by atoms with Gasteiger partial charge in [0.15, 0.2) is 0 Å². The van der Waals surface area contributed by atoms with Crippen LogP contribution in [0.2, 0.25) is 0 Å². The van der Waals surface area contributed by atoms with Crippen LogP contribution in [0.25, 0.3) is 0 Å². The molecule has 0 aromatic carbocycles. The van der Waals surface area contributed by atoms with Crippen LogP contribution < -0.4 is 5.73 Å². The van der Waals surface area contributed by atoms with Gasteiger partial charge in [-0.25, -0.2) is 4.98 Å². The summed E-state index contributed by atoms with van der Waals surface area (Å²) >= 11 is 0. The van der Waals surface area contributed by atoms with Crippen molar-refractivity contribution in [1.82, 2.24) is 15.0 Å². The van der Waals surface area contributed by atoms with Gasteiger partial charge in [0, 0.05) is 5.92 Å². The van der Waals surface area contributed by atoms with Crippen molar-refractivity contribution in [2.24, 2.45) is 0 Å². The van der Waals surface area contributed by atoms with E-state index in [0.717, 1.165) is 11.6 Å². The number of anilines is 1. The van der Waals surface area contributed by atoms with E-state index in [2.05, 4.69) is 15.0 Å². The standard InChI is InChI=1S/C8H12N4/c1-5-10-7(6-3-2-4-6)12-8(9)11-5/h6H,2-4H2,1H3,(H2,9,10,11,12). The van der Waals surface area contributed by atoms with E-state index in [1.54, 1.807) is 0 Å². The van der Waals surface area contributed by atoms with Gasteiger partial charge in [0.25, 0.3) is 0 Å². The molecule has 1 aliphatic carbocycles. The molecule has 1 aromatic rings.